The highest BCUT2D eigenvalue weighted by Crippen LogP contribution is 2.28. The summed E-state index contributed by atoms with van der Waals surface area (Å²) in [4.78, 5) is 16.4. The molecule has 31 heavy (non-hydrogen) atoms. The van der Waals surface area contributed by atoms with Crippen LogP contribution in [0.1, 0.15) is 94.7 Å². The molecule has 0 aliphatic rings. The van der Waals surface area contributed by atoms with E-state index in [-0.39, 0.29) is 0 Å². The molecule has 0 aliphatic heterocycles. The predicted octanol–water partition coefficient (Wildman–Crippen LogP) is 7.55. The van der Waals surface area contributed by atoms with Gasteiger partial charge in [-0.25, -0.2) is 9.78 Å². The average molecular weight is 466 g/mol. The highest BCUT2D eigenvalue weighted by atomic mass is 32.1. The fourth-order valence-electron chi connectivity index (χ4n) is 3.71. The van der Waals surface area contributed by atoms with Crippen molar-refractivity contribution in [2.45, 2.75) is 110 Å². The van der Waals surface area contributed by atoms with Gasteiger partial charge in [0.05, 0.1) is 10.7 Å². The third kappa shape index (κ3) is 12.4. The number of aryl methyl sites for hydroxylation is 1. The normalized spacial score (nSPS) is 14.1. The molecule has 0 spiro atoms. The van der Waals surface area contributed by atoms with Crippen LogP contribution in [0.25, 0.3) is 6.08 Å². The third-order valence-electron chi connectivity index (χ3n) is 5.33. The molecule has 0 radical (unpaired) electrons. The topological polar surface area (TPSA) is 59.4 Å². The Bertz CT molecular complexity index is 671. The van der Waals surface area contributed by atoms with Crippen molar-refractivity contribution in [1.82, 2.24) is 4.98 Å². The van der Waals surface area contributed by atoms with Crippen LogP contribution < -0.4 is 0 Å². The van der Waals surface area contributed by atoms with Crippen LogP contribution in [-0.2, 0) is 9.22 Å². The molecule has 1 atom stereocenters. The first-order valence-electron chi connectivity index (χ1n) is 12.0. The number of rotatable bonds is 18. The van der Waals surface area contributed by atoms with Gasteiger partial charge in [0.2, 0.25) is 0 Å². The van der Waals surface area contributed by atoms with Crippen molar-refractivity contribution in [2.75, 3.05) is 0 Å². The monoisotopic (exact) mass is 465 g/mol. The van der Waals surface area contributed by atoms with E-state index in [1.807, 2.05) is 6.92 Å². The summed E-state index contributed by atoms with van der Waals surface area (Å²) in [6.45, 7) is 8.27. The highest BCUT2D eigenvalue weighted by molar-refractivity contribution is 7.09. The van der Waals surface area contributed by atoms with Crippen LogP contribution in [0.5, 0.6) is 0 Å². The number of hydrogen-bond acceptors (Lipinski definition) is 4. The maximum Gasteiger partial charge on any atom is 0.334 e. The van der Waals surface area contributed by atoms with Crippen LogP contribution in [0.3, 0.4) is 0 Å². The Morgan fingerprint density at radius 2 is 1.71 bits per heavy atom. The molecule has 0 saturated heterocycles. The zero-order valence-electron chi connectivity index (χ0n) is 20.1. The van der Waals surface area contributed by atoms with Gasteiger partial charge in [-0.05, 0) is 64.6 Å². The van der Waals surface area contributed by atoms with E-state index >= 15 is 0 Å². The Morgan fingerprint density at radius 1 is 1.06 bits per heavy atom. The number of carbonyl (C=O) groups is 1. The van der Waals surface area contributed by atoms with Crippen LogP contribution in [0, 0.1) is 6.92 Å². The van der Waals surface area contributed by atoms with Crippen LogP contribution in [0.2, 0.25) is 13.1 Å². The van der Waals surface area contributed by atoms with Crippen molar-refractivity contribution < 1.29 is 14.3 Å². The molecule has 1 N–H and O–H groups in total. The Morgan fingerprint density at radius 3 is 2.35 bits per heavy atom. The minimum Gasteiger partial charge on any atom is -0.479 e. The van der Waals surface area contributed by atoms with Gasteiger partial charge < -0.3 is 9.53 Å². The lowest BCUT2D eigenvalue weighted by Gasteiger charge is -2.32. The molecule has 4 nitrogen and oxygen atoms in total. The van der Waals surface area contributed by atoms with E-state index in [0.717, 1.165) is 55.6 Å². The number of hydrogen-bond donors (Lipinski definition) is 1. The molecule has 1 aromatic heterocycles. The molecule has 0 fully saturated rings. The van der Waals surface area contributed by atoms with Crippen molar-refractivity contribution in [1.29, 1.82) is 0 Å². The van der Waals surface area contributed by atoms with Crippen LogP contribution in [0.15, 0.2) is 23.6 Å². The lowest BCUT2D eigenvalue weighted by atomic mass is 9.90. The molecule has 0 aliphatic carbocycles. The average Bonchev–Trinajstić information content (AvgIpc) is 3.13. The molecule has 0 saturated carbocycles. The van der Waals surface area contributed by atoms with Gasteiger partial charge in [-0.2, -0.15) is 0 Å². The maximum atomic E-state index is 12.0. The van der Waals surface area contributed by atoms with Gasteiger partial charge in [0.1, 0.15) is 0 Å². The third-order valence-corrected chi connectivity index (χ3v) is 7.04. The second-order valence-corrected chi connectivity index (χ2v) is 12.0. The van der Waals surface area contributed by atoms with Gasteiger partial charge >= 0.3 is 5.97 Å². The van der Waals surface area contributed by atoms with Crippen LogP contribution >= 0.6 is 11.3 Å². The van der Waals surface area contributed by atoms with E-state index in [0.29, 0.717) is 12.8 Å². The van der Waals surface area contributed by atoms with Crippen molar-refractivity contribution in [3.63, 3.8) is 0 Å². The molecule has 1 heterocycles. The number of allylic oxidation sites excluding steroid dienone is 3. The van der Waals surface area contributed by atoms with Crippen molar-refractivity contribution in [3.8, 4) is 0 Å². The molecule has 6 heteroatoms. The summed E-state index contributed by atoms with van der Waals surface area (Å²) in [5.41, 5.74) is 0.126. The van der Waals surface area contributed by atoms with E-state index in [1.165, 1.54) is 19.3 Å². The Hall–Kier alpha value is -1.24. The molecule has 1 rings (SSSR count). The van der Waals surface area contributed by atoms with E-state index in [2.05, 4.69) is 54.7 Å². The summed E-state index contributed by atoms with van der Waals surface area (Å²) < 4.78 is 6.05. The lowest BCUT2D eigenvalue weighted by molar-refractivity contribution is -0.157. The highest BCUT2D eigenvalue weighted by Gasteiger charge is 2.38. The Balaban J connectivity index is 2.13. The fourth-order valence-corrected chi connectivity index (χ4v) is 5.53. The lowest BCUT2D eigenvalue weighted by Crippen LogP contribution is -2.44. The van der Waals surface area contributed by atoms with E-state index in [1.54, 1.807) is 11.3 Å². The second-order valence-electron chi connectivity index (χ2n) is 8.62. The second kappa shape index (κ2) is 16.4. The van der Waals surface area contributed by atoms with Gasteiger partial charge in [-0.15, -0.1) is 11.3 Å². The largest absolute Gasteiger partial charge is 0.479 e. The van der Waals surface area contributed by atoms with Crippen molar-refractivity contribution in [3.05, 3.63) is 34.3 Å². The summed E-state index contributed by atoms with van der Waals surface area (Å²) in [6.07, 6.45) is 21.0. The molecule has 1 aromatic rings. The van der Waals surface area contributed by atoms with Gasteiger partial charge in [0, 0.05) is 5.38 Å². The molecular weight excluding hydrogens is 422 g/mol. The maximum absolute atomic E-state index is 12.0. The van der Waals surface area contributed by atoms with Gasteiger partial charge in [0.15, 0.2) is 14.6 Å². The number of aromatic nitrogens is 1. The number of thiazole rings is 1. The van der Waals surface area contributed by atoms with E-state index < -0.39 is 20.6 Å². The smallest absolute Gasteiger partial charge is 0.334 e. The summed E-state index contributed by atoms with van der Waals surface area (Å²) in [5, 5.41) is 13.0. The SMILES string of the molecule is CCCCC(CCCCCCCC=CCCC=Cc1csc(C)n1)(O[SiH](C)C)C(=O)O. The van der Waals surface area contributed by atoms with Gasteiger partial charge in [0.25, 0.3) is 0 Å². The quantitative estimate of drug-likeness (QED) is 0.138. The summed E-state index contributed by atoms with van der Waals surface area (Å²) in [5.74, 6) is -0.760. The number of carboxylic acids is 1. The number of carboxylic acid groups (broad SMARTS) is 1. The zero-order valence-corrected chi connectivity index (χ0v) is 22.0. The van der Waals surface area contributed by atoms with Crippen molar-refractivity contribution in [2.24, 2.45) is 0 Å². The first-order valence-corrected chi connectivity index (χ1v) is 15.7. The van der Waals surface area contributed by atoms with Crippen molar-refractivity contribution >= 4 is 32.4 Å². The first kappa shape index (κ1) is 27.8. The number of unbranched alkanes of at least 4 members (excludes halogenated alkanes) is 7. The van der Waals surface area contributed by atoms with Gasteiger partial charge in [-0.1, -0.05) is 63.7 Å². The molecule has 0 amide bonds. The predicted molar refractivity (Wildman–Crippen MR) is 136 cm³/mol. The number of nitrogens with zero attached hydrogens (tertiary/aromatic N) is 1. The van der Waals surface area contributed by atoms with Crippen LogP contribution in [-0.4, -0.2) is 30.7 Å². The summed E-state index contributed by atoms with van der Waals surface area (Å²) in [6, 6.07) is 0. The first-order chi connectivity index (χ1) is 14.9. The minimum atomic E-state index is -1.39. The molecule has 0 aromatic carbocycles. The standard InChI is InChI=1S/C25H43NO3SSi/c1-5-6-19-25(24(27)28,29-31(3)4)20-17-15-13-11-9-7-8-10-12-14-16-18-23-21-30-22(2)26-23/h8,10,16,18,21,31H,5-7,9,11-15,17,19-20H2,1-4H3,(H,27,28). The summed E-state index contributed by atoms with van der Waals surface area (Å²) >= 11 is 1.69. The summed E-state index contributed by atoms with van der Waals surface area (Å²) in [7, 11) is -1.39. The van der Waals surface area contributed by atoms with Gasteiger partial charge in [-0.3, -0.25) is 0 Å². The fraction of sp³-hybridized carbons (Fsp3) is 0.680. The Kier molecular flexibility index (Phi) is 14.7. The van der Waals surface area contributed by atoms with Crippen LogP contribution in [0.4, 0.5) is 0 Å². The molecular formula is C25H43NO3SSi. The molecule has 1 unspecified atom stereocenters. The Labute approximate surface area is 195 Å². The molecule has 176 valence electrons. The zero-order chi connectivity index (χ0) is 23.0. The minimum absolute atomic E-state index is 0.646. The number of aliphatic carboxylic acids is 1. The van der Waals surface area contributed by atoms with E-state index in [4.69, 9.17) is 4.43 Å². The molecule has 0 bridgehead atoms. The van der Waals surface area contributed by atoms with E-state index in [9.17, 15) is 9.90 Å².